The summed E-state index contributed by atoms with van der Waals surface area (Å²) in [5.74, 6) is -0.317. The molecule has 1 aliphatic heterocycles. The van der Waals surface area contributed by atoms with E-state index in [9.17, 15) is 4.79 Å². The number of hydrogen-bond acceptors (Lipinski definition) is 2. The molecule has 2 nitrogen and oxygen atoms in total. The monoisotopic (exact) mass is 176 g/mol. The predicted molar refractivity (Wildman–Crippen MR) is 52.1 cm³/mol. The molecular weight excluding hydrogens is 164 g/mol. The van der Waals surface area contributed by atoms with Crippen LogP contribution in [0, 0.1) is 0 Å². The van der Waals surface area contributed by atoms with Crippen molar-refractivity contribution >= 4 is 5.97 Å². The van der Waals surface area contributed by atoms with Crippen molar-refractivity contribution in [3.63, 3.8) is 0 Å². The summed E-state index contributed by atoms with van der Waals surface area (Å²) in [5, 5.41) is 0. The second-order valence-electron chi connectivity index (χ2n) is 2.68. The minimum absolute atomic E-state index is 0.311. The van der Waals surface area contributed by atoms with Crippen LogP contribution in [-0.4, -0.2) is 12.1 Å². The molecule has 0 aromatic rings. The van der Waals surface area contributed by atoms with Crippen molar-refractivity contribution in [3.05, 3.63) is 48.6 Å². The van der Waals surface area contributed by atoms with Gasteiger partial charge in [-0.25, -0.2) is 4.79 Å². The minimum atomic E-state index is -0.317. The number of carbonyl (C=O) groups is 1. The molecule has 0 saturated heterocycles. The predicted octanol–water partition coefficient (Wildman–Crippen LogP) is 2.16. The second-order valence-corrected chi connectivity index (χ2v) is 2.68. The quantitative estimate of drug-likeness (QED) is 0.476. The Morgan fingerprint density at radius 1 is 1.46 bits per heavy atom. The lowest BCUT2D eigenvalue weighted by Crippen LogP contribution is -2.19. The molecule has 1 heterocycles. The van der Waals surface area contributed by atoms with Gasteiger partial charge in [0.25, 0.3) is 0 Å². The molecule has 0 aromatic heterocycles. The van der Waals surface area contributed by atoms with E-state index in [0.717, 1.165) is 5.57 Å². The molecule has 1 rings (SSSR count). The summed E-state index contributed by atoms with van der Waals surface area (Å²) >= 11 is 0. The number of rotatable bonds is 2. The molecule has 0 N–H and O–H groups in total. The van der Waals surface area contributed by atoms with E-state index in [4.69, 9.17) is 4.74 Å². The molecule has 0 radical (unpaired) electrons. The van der Waals surface area contributed by atoms with Gasteiger partial charge in [0.15, 0.2) is 0 Å². The first-order chi connectivity index (χ1) is 6.24. The van der Waals surface area contributed by atoms with Crippen molar-refractivity contribution in [3.8, 4) is 0 Å². The summed E-state index contributed by atoms with van der Waals surface area (Å²) in [7, 11) is 0. The second kappa shape index (κ2) is 4.45. The molecule has 2 heteroatoms. The van der Waals surface area contributed by atoms with E-state index in [1.807, 2.05) is 25.2 Å². The summed E-state index contributed by atoms with van der Waals surface area (Å²) in [6.45, 7) is 5.69. The van der Waals surface area contributed by atoms with Crippen LogP contribution in [0.2, 0.25) is 0 Å². The van der Waals surface area contributed by atoms with Gasteiger partial charge in [-0.1, -0.05) is 24.8 Å². The highest BCUT2D eigenvalue weighted by Gasteiger charge is 2.15. The Labute approximate surface area is 77.9 Å². The lowest BCUT2D eigenvalue weighted by Gasteiger charge is -2.16. The average molecular weight is 176 g/mol. The maximum atomic E-state index is 10.8. The van der Waals surface area contributed by atoms with Crippen molar-refractivity contribution in [1.82, 2.24) is 0 Å². The van der Waals surface area contributed by atoms with Crippen LogP contribution in [0.25, 0.3) is 0 Å². The topological polar surface area (TPSA) is 26.3 Å². The van der Waals surface area contributed by atoms with Crippen LogP contribution in [-0.2, 0) is 9.53 Å². The van der Waals surface area contributed by atoms with E-state index < -0.39 is 0 Å². The number of cyclic esters (lactones) is 1. The van der Waals surface area contributed by atoms with E-state index in [0.29, 0.717) is 0 Å². The van der Waals surface area contributed by atoms with Gasteiger partial charge in [0.05, 0.1) is 0 Å². The highest BCUT2D eigenvalue weighted by molar-refractivity contribution is 5.84. The highest BCUT2D eigenvalue weighted by atomic mass is 16.5. The Kier molecular flexibility index (Phi) is 3.26. The van der Waals surface area contributed by atoms with Crippen LogP contribution < -0.4 is 0 Å². The molecule has 0 bridgehead atoms. The molecule has 1 atom stereocenters. The fourth-order valence-electron chi connectivity index (χ4n) is 0.949. The summed E-state index contributed by atoms with van der Waals surface area (Å²) < 4.78 is 5.00. The molecule has 1 aliphatic rings. The fraction of sp³-hybridized carbons (Fsp3) is 0.182. The summed E-state index contributed by atoms with van der Waals surface area (Å²) in [6, 6.07) is 0. The Bertz CT molecular complexity index is 295. The van der Waals surface area contributed by atoms with E-state index in [1.165, 1.54) is 6.08 Å². The van der Waals surface area contributed by atoms with Gasteiger partial charge in [0.1, 0.15) is 6.10 Å². The third-order valence-corrected chi connectivity index (χ3v) is 1.63. The van der Waals surface area contributed by atoms with Gasteiger partial charge < -0.3 is 4.74 Å². The molecule has 0 fully saturated rings. The zero-order valence-corrected chi connectivity index (χ0v) is 7.57. The molecule has 0 saturated carbocycles. The third kappa shape index (κ3) is 2.75. The Hall–Kier alpha value is -1.57. The van der Waals surface area contributed by atoms with Crippen LogP contribution in [0.15, 0.2) is 48.6 Å². The number of allylic oxidation sites excluding steroid dienone is 3. The maximum absolute atomic E-state index is 10.8. The van der Waals surface area contributed by atoms with Gasteiger partial charge >= 0.3 is 5.97 Å². The number of ether oxygens (including phenoxy) is 1. The normalized spacial score (nSPS) is 23.0. The molecule has 0 amide bonds. The van der Waals surface area contributed by atoms with Gasteiger partial charge in [-0.15, -0.1) is 0 Å². The summed E-state index contributed by atoms with van der Waals surface area (Å²) in [5.41, 5.74) is 0.792. The molecule has 0 spiro atoms. The molecule has 0 aromatic carbocycles. The van der Waals surface area contributed by atoms with Crippen LogP contribution in [0.3, 0.4) is 0 Å². The Morgan fingerprint density at radius 2 is 2.23 bits per heavy atom. The van der Waals surface area contributed by atoms with Crippen molar-refractivity contribution in [1.29, 1.82) is 0 Å². The molecule has 13 heavy (non-hydrogen) atoms. The van der Waals surface area contributed by atoms with Gasteiger partial charge in [-0.2, -0.15) is 0 Å². The first kappa shape index (κ1) is 9.52. The molecule has 0 aliphatic carbocycles. The standard InChI is InChI=1S/C11H12O2/c1-3-4-5-6-10-9(2)7-8-11(12)13-10/h3-8,10H,2H2,1H3/b4-3+,6-5+. The SMILES string of the molecule is C=C1C=CC(=O)OC1/C=C/C=C/C. The van der Waals surface area contributed by atoms with E-state index in [2.05, 4.69) is 6.58 Å². The fourth-order valence-corrected chi connectivity index (χ4v) is 0.949. The summed E-state index contributed by atoms with van der Waals surface area (Å²) in [6.07, 6.45) is 10.2. The minimum Gasteiger partial charge on any atom is -0.450 e. The first-order valence-corrected chi connectivity index (χ1v) is 4.11. The lowest BCUT2D eigenvalue weighted by atomic mass is 10.1. The van der Waals surface area contributed by atoms with Crippen LogP contribution in [0.5, 0.6) is 0 Å². The third-order valence-electron chi connectivity index (χ3n) is 1.63. The van der Waals surface area contributed by atoms with Gasteiger partial charge in [0, 0.05) is 6.08 Å². The van der Waals surface area contributed by atoms with E-state index >= 15 is 0 Å². The number of esters is 1. The Morgan fingerprint density at radius 3 is 2.92 bits per heavy atom. The maximum Gasteiger partial charge on any atom is 0.331 e. The van der Waals surface area contributed by atoms with Crippen LogP contribution >= 0.6 is 0 Å². The van der Waals surface area contributed by atoms with Crippen LogP contribution in [0.4, 0.5) is 0 Å². The highest BCUT2D eigenvalue weighted by Crippen LogP contribution is 2.13. The average Bonchev–Trinajstić information content (AvgIpc) is 2.11. The largest absolute Gasteiger partial charge is 0.450 e. The smallest absolute Gasteiger partial charge is 0.331 e. The number of carbonyl (C=O) groups excluding carboxylic acids is 1. The van der Waals surface area contributed by atoms with Crippen molar-refractivity contribution < 1.29 is 9.53 Å². The van der Waals surface area contributed by atoms with E-state index in [-0.39, 0.29) is 12.1 Å². The lowest BCUT2D eigenvalue weighted by molar-refractivity contribution is -0.140. The molecular formula is C11H12O2. The van der Waals surface area contributed by atoms with E-state index in [1.54, 1.807) is 12.2 Å². The van der Waals surface area contributed by atoms with Gasteiger partial charge in [-0.05, 0) is 24.6 Å². The summed E-state index contributed by atoms with van der Waals surface area (Å²) in [4.78, 5) is 10.8. The van der Waals surface area contributed by atoms with Crippen LogP contribution in [0.1, 0.15) is 6.92 Å². The van der Waals surface area contributed by atoms with Gasteiger partial charge in [0.2, 0.25) is 0 Å². The zero-order chi connectivity index (χ0) is 9.68. The zero-order valence-electron chi connectivity index (χ0n) is 7.57. The molecule has 68 valence electrons. The van der Waals surface area contributed by atoms with Crippen molar-refractivity contribution in [2.24, 2.45) is 0 Å². The number of hydrogen-bond donors (Lipinski definition) is 0. The van der Waals surface area contributed by atoms with Crippen molar-refractivity contribution in [2.45, 2.75) is 13.0 Å². The molecule has 1 unspecified atom stereocenters. The van der Waals surface area contributed by atoms with Gasteiger partial charge in [-0.3, -0.25) is 0 Å². The van der Waals surface area contributed by atoms with Crippen molar-refractivity contribution in [2.75, 3.05) is 0 Å². The first-order valence-electron chi connectivity index (χ1n) is 4.11. The Balaban J connectivity index is 2.65.